The molecule has 0 fully saturated rings. The highest BCUT2D eigenvalue weighted by Crippen LogP contribution is 2.42. The molecule has 0 saturated carbocycles. The van der Waals surface area contributed by atoms with Crippen molar-refractivity contribution < 1.29 is 23.7 Å². The number of methoxy groups -OCH3 is 3. The Labute approximate surface area is 177 Å². The van der Waals surface area contributed by atoms with Crippen LogP contribution in [0, 0.1) is 0 Å². The highest BCUT2D eigenvalue weighted by molar-refractivity contribution is 6.02. The fourth-order valence-corrected chi connectivity index (χ4v) is 3.26. The van der Waals surface area contributed by atoms with E-state index in [1.165, 1.54) is 0 Å². The molecule has 0 aliphatic heterocycles. The second-order valence-corrected chi connectivity index (χ2v) is 6.67. The molecule has 0 heterocycles. The lowest BCUT2D eigenvalue weighted by Crippen LogP contribution is -2.02. The van der Waals surface area contributed by atoms with Crippen molar-refractivity contribution >= 4 is 5.78 Å². The maximum absolute atomic E-state index is 12.6. The van der Waals surface area contributed by atoms with Crippen LogP contribution in [0.25, 0.3) is 11.1 Å². The monoisotopic (exact) mass is 406 g/mol. The van der Waals surface area contributed by atoms with Crippen LogP contribution < -0.4 is 18.9 Å². The van der Waals surface area contributed by atoms with E-state index in [4.69, 9.17) is 18.9 Å². The van der Waals surface area contributed by atoms with Crippen LogP contribution in [0.3, 0.4) is 0 Å². The molecule has 0 radical (unpaired) electrons. The normalized spacial score (nSPS) is 10.4. The first-order valence-electron chi connectivity index (χ1n) is 9.75. The Balaban J connectivity index is 2.05. The molecule has 156 valence electrons. The van der Waals surface area contributed by atoms with Gasteiger partial charge in [-0.2, -0.15) is 0 Å². The van der Waals surface area contributed by atoms with Crippen molar-refractivity contribution in [3.8, 4) is 34.1 Å². The third-order valence-corrected chi connectivity index (χ3v) is 4.84. The Bertz CT molecular complexity index is 986. The van der Waals surface area contributed by atoms with E-state index < -0.39 is 0 Å². The molecule has 0 bridgehead atoms. The summed E-state index contributed by atoms with van der Waals surface area (Å²) in [6.45, 7) is 2.29. The molecule has 3 aromatic rings. The Morgan fingerprint density at radius 1 is 0.833 bits per heavy atom. The van der Waals surface area contributed by atoms with Crippen molar-refractivity contribution in [1.29, 1.82) is 0 Å². The van der Waals surface area contributed by atoms with E-state index in [1.807, 2.05) is 67.6 Å². The van der Waals surface area contributed by atoms with Crippen molar-refractivity contribution in [1.82, 2.24) is 0 Å². The molecular weight excluding hydrogens is 380 g/mol. The Kier molecular flexibility index (Phi) is 6.96. The second-order valence-electron chi connectivity index (χ2n) is 6.67. The Morgan fingerprint density at radius 2 is 1.50 bits per heavy atom. The van der Waals surface area contributed by atoms with Gasteiger partial charge in [-0.05, 0) is 47.0 Å². The zero-order chi connectivity index (χ0) is 21.5. The van der Waals surface area contributed by atoms with E-state index in [9.17, 15) is 4.79 Å². The van der Waals surface area contributed by atoms with Crippen molar-refractivity contribution in [2.45, 2.75) is 20.0 Å². The fraction of sp³-hybridized carbons (Fsp3) is 0.240. The lowest BCUT2D eigenvalue weighted by molar-refractivity contribution is 0.0988. The van der Waals surface area contributed by atoms with Gasteiger partial charge < -0.3 is 18.9 Å². The number of hydrogen-bond donors (Lipinski definition) is 0. The molecule has 0 aromatic heterocycles. The van der Waals surface area contributed by atoms with Gasteiger partial charge in [0.05, 0.1) is 21.3 Å². The predicted molar refractivity (Wildman–Crippen MR) is 117 cm³/mol. The summed E-state index contributed by atoms with van der Waals surface area (Å²) in [6, 6.07) is 19.1. The second kappa shape index (κ2) is 9.83. The average Bonchev–Trinajstić information content (AvgIpc) is 2.81. The summed E-state index contributed by atoms with van der Waals surface area (Å²) in [6.07, 6.45) is 0.404. The number of benzene rings is 3. The molecule has 0 atom stereocenters. The Morgan fingerprint density at radius 3 is 2.07 bits per heavy atom. The van der Waals surface area contributed by atoms with E-state index in [0.29, 0.717) is 41.6 Å². The minimum Gasteiger partial charge on any atom is -0.493 e. The predicted octanol–water partition coefficient (Wildman–Crippen LogP) is 5.55. The number of rotatable bonds is 9. The van der Waals surface area contributed by atoms with Crippen LogP contribution in [-0.4, -0.2) is 27.1 Å². The summed E-state index contributed by atoms with van der Waals surface area (Å²) in [5.74, 6) is 2.28. The Hall–Kier alpha value is -3.47. The molecular formula is C25H26O5. The topological polar surface area (TPSA) is 54.0 Å². The molecule has 3 rings (SSSR count). The number of hydrogen-bond acceptors (Lipinski definition) is 5. The van der Waals surface area contributed by atoms with Gasteiger partial charge in [-0.3, -0.25) is 4.79 Å². The molecule has 0 unspecified atom stereocenters. The van der Waals surface area contributed by atoms with Gasteiger partial charge in [0.25, 0.3) is 0 Å². The van der Waals surface area contributed by atoms with Gasteiger partial charge in [-0.1, -0.05) is 37.3 Å². The first-order valence-corrected chi connectivity index (χ1v) is 9.75. The number of ketones is 1. The molecule has 0 saturated heterocycles. The van der Waals surface area contributed by atoms with E-state index in [0.717, 1.165) is 16.7 Å². The van der Waals surface area contributed by atoms with Gasteiger partial charge in [0.2, 0.25) is 5.75 Å². The number of Topliss-reactive ketones (excluding diaryl/α,β-unsaturated/α-hetero) is 1. The molecule has 0 aliphatic rings. The van der Waals surface area contributed by atoms with Gasteiger partial charge in [-0.15, -0.1) is 0 Å². The molecule has 0 spiro atoms. The van der Waals surface area contributed by atoms with Crippen LogP contribution in [-0.2, 0) is 6.61 Å². The number of carbonyl (C=O) groups excluding carboxylic acids is 1. The van der Waals surface area contributed by atoms with Crippen LogP contribution >= 0.6 is 0 Å². The van der Waals surface area contributed by atoms with Crippen LogP contribution in [0.2, 0.25) is 0 Å². The summed E-state index contributed by atoms with van der Waals surface area (Å²) < 4.78 is 22.4. The minimum absolute atomic E-state index is 0.0494. The van der Waals surface area contributed by atoms with Crippen LogP contribution in [0.4, 0.5) is 0 Å². The summed E-state index contributed by atoms with van der Waals surface area (Å²) in [5, 5.41) is 0. The molecule has 0 amide bonds. The van der Waals surface area contributed by atoms with Crippen molar-refractivity contribution in [2.75, 3.05) is 21.3 Å². The number of carbonyl (C=O) groups is 1. The van der Waals surface area contributed by atoms with Gasteiger partial charge in [-0.25, -0.2) is 0 Å². The fourth-order valence-electron chi connectivity index (χ4n) is 3.26. The van der Waals surface area contributed by atoms with E-state index >= 15 is 0 Å². The molecule has 5 heteroatoms. The highest BCUT2D eigenvalue weighted by atomic mass is 16.5. The van der Waals surface area contributed by atoms with E-state index in [1.54, 1.807) is 21.3 Å². The summed E-state index contributed by atoms with van der Waals surface area (Å²) >= 11 is 0. The van der Waals surface area contributed by atoms with Crippen molar-refractivity contribution in [2.24, 2.45) is 0 Å². The first-order chi connectivity index (χ1) is 14.6. The molecule has 0 N–H and O–H groups in total. The molecule has 5 nitrogen and oxygen atoms in total. The summed E-state index contributed by atoms with van der Waals surface area (Å²) in [7, 11) is 4.70. The third kappa shape index (κ3) is 4.57. The highest BCUT2D eigenvalue weighted by Gasteiger charge is 2.18. The zero-order valence-corrected chi connectivity index (χ0v) is 17.7. The first kappa shape index (κ1) is 21.2. The van der Waals surface area contributed by atoms with Gasteiger partial charge in [0, 0.05) is 12.0 Å². The summed E-state index contributed by atoms with van der Waals surface area (Å²) in [5.41, 5.74) is 3.23. The standard InChI is InChI=1S/C25H26O5/c1-5-22(26)20-12-11-19(30-16-17-9-7-6-8-10-17)15-21(20)18-13-23(27-2)25(29-4)24(14-18)28-3/h6-15H,5,16H2,1-4H3. The van der Waals surface area contributed by atoms with Gasteiger partial charge in [0.15, 0.2) is 17.3 Å². The van der Waals surface area contributed by atoms with Crippen molar-refractivity contribution in [3.63, 3.8) is 0 Å². The minimum atomic E-state index is 0.0494. The maximum Gasteiger partial charge on any atom is 0.203 e. The molecule has 30 heavy (non-hydrogen) atoms. The lowest BCUT2D eigenvalue weighted by Gasteiger charge is -2.17. The van der Waals surface area contributed by atoms with E-state index in [-0.39, 0.29) is 5.78 Å². The van der Waals surface area contributed by atoms with Crippen LogP contribution in [0.15, 0.2) is 60.7 Å². The van der Waals surface area contributed by atoms with E-state index in [2.05, 4.69) is 0 Å². The van der Waals surface area contributed by atoms with Gasteiger partial charge >= 0.3 is 0 Å². The smallest absolute Gasteiger partial charge is 0.203 e. The molecule has 0 aliphatic carbocycles. The van der Waals surface area contributed by atoms with Crippen molar-refractivity contribution in [3.05, 3.63) is 71.8 Å². The summed E-state index contributed by atoms with van der Waals surface area (Å²) in [4.78, 5) is 12.6. The third-order valence-electron chi connectivity index (χ3n) is 4.84. The van der Waals surface area contributed by atoms with Gasteiger partial charge in [0.1, 0.15) is 12.4 Å². The SMILES string of the molecule is CCC(=O)c1ccc(OCc2ccccc2)cc1-c1cc(OC)c(OC)c(OC)c1. The lowest BCUT2D eigenvalue weighted by atomic mass is 9.95. The molecule has 3 aromatic carbocycles. The number of ether oxygens (including phenoxy) is 4. The van der Waals surface area contributed by atoms with Crippen LogP contribution in [0.1, 0.15) is 29.3 Å². The largest absolute Gasteiger partial charge is 0.493 e. The maximum atomic E-state index is 12.6. The average molecular weight is 406 g/mol. The van der Waals surface area contributed by atoms with Crippen LogP contribution in [0.5, 0.6) is 23.0 Å². The quantitative estimate of drug-likeness (QED) is 0.436. The zero-order valence-electron chi connectivity index (χ0n) is 17.7.